The van der Waals surface area contributed by atoms with Crippen LogP contribution in [0.5, 0.6) is 0 Å². The summed E-state index contributed by atoms with van der Waals surface area (Å²) in [6, 6.07) is 0. The molecule has 0 spiro atoms. The third kappa shape index (κ3) is 7.13. The number of thiazole rings is 1. The zero-order valence-corrected chi connectivity index (χ0v) is 22.8. The number of aliphatic hydroxyl groups excluding tert-OH is 2. The smallest absolute Gasteiger partial charge is 0.309 e. The van der Waals surface area contributed by atoms with Crippen molar-refractivity contribution in [3.05, 3.63) is 21.7 Å². The van der Waals surface area contributed by atoms with E-state index in [9.17, 15) is 19.8 Å². The predicted octanol–water partition coefficient (Wildman–Crippen LogP) is 4.52. The summed E-state index contributed by atoms with van der Waals surface area (Å²) in [6.45, 7) is 8.76. The van der Waals surface area contributed by atoms with Gasteiger partial charge in [0, 0.05) is 17.7 Å². The Morgan fingerprint density at radius 2 is 1.97 bits per heavy atom. The molecule has 7 atom stereocenters. The van der Waals surface area contributed by atoms with E-state index in [1.807, 2.05) is 25.3 Å². The first-order chi connectivity index (χ1) is 16.4. The van der Waals surface area contributed by atoms with Crippen LogP contribution < -0.4 is 0 Å². The summed E-state index contributed by atoms with van der Waals surface area (Å²) in [5.41, 5.74) is 0.378. The standard InChI is InChI=1S/C26H38ClNO6S/c1-14-7-6-8-18-20(33-18)10-19(15(2)9-17-13-35-22(12-27)28-17)34-23(30)11-21(29)26(4,5)25(32)16(3)24(14)31/h9,13-14,16,18-21,24,29,31H,6-8,10-12H2,1-5H3/t14-,16+,18+,19-,20+,21-,24-/m1/s1. The third-order valence-electron chi connectivity index (χ3n) is 7.46. The van der Waals surface area contributed by atoms with Crippen molar-refractivity contribution < 1.29 is 29.3 Å². The van der Waals surface area contributed by atoms with Gasteiger partial charge in [-0.25, -0.2) is 4.98 Å². The highest BCUT2D eigenvalue weighted by Gasteiger charge is 2.44. The largest absolute Gasteiger partial charge is 0.458 e. The number of alkyl halides is 1. The highest BCUT2D eigenvalue weighted by atomic mass is 35.5. The number of carbonyl (C=O) groups is 2. The van der Waals surface area contributed by atoms with Crippen molar-refractivity contribution in [2.75, 3.05) is 0 Å². The molecule has 0 amide bonds. The molecule has 2 aliphatic rings. The Kier molecular flexibility index (Phi) is 9.54. The molecule has 35 heavy (non-hydrogen) atoms. The molecular weight excluding hydrogens is 490 g/mol. The average Bonchev–Trinajstić information content (AvgIpc) is 3.38. The number of fused-ring (bicyclic) bond motifs is 1. The minimum absolute atomic E-state index is 0.0139. The molecule has 2 N–H and O–H groups in total. The van der Waals surface area contributed by atoms with Crippen molar-refractivity contribution in [2.24, 2.45) is 17.3 Å². The molecule has 2 saturated heterocycles. The van der Waals surface area contributed by atoms with Crippen LogP contribution in [-0.2, 0) is 24.9 Å². The van der Waals surface area contributed by atoms with Crippen LogP contribution >= 0.6 is 22.9 Å². The van der Waals surface area contributed by atoms with Crippen LogP contribution in [0.2, 0.25) is 0 Å². The number of nitrogens with zero attached hydrogens (tertiary/aromatic N) is 1. The molecule has 2 aliphatic heterocycles. The van der Waals surface area contributed by atoms with E-state index in [0.29, 0.717) is 12.3 Å². The number of ether oxygens (including phenoxy) is 2. The van der Waals surface area contributed by atoms with Crippen molar-refractivity contribution in [2.45, 2.75) is 103 Å². The van der Waals surface area contributed by atoms with Gasteiger partial charge in [0.05, 0.1) is 47.8 Å². The highest BCUT2D eigenvalue weighted by molar-refractivity contribution is 7.09. The van der Waals surface area contributed by atoms with Gasteiger partial charge in [0.1, 0.15) is 16.9 Å². The van der Waals surface area contributed by atoms with Crippen molar-refractivity contribution in [1.82, 2.24) is 4.98 Å². The lowest BCUT2D eigenvalue weighted by Gasteiger charge is -2.34. The van der Waals surface area contributed by atoms with Crippen molar-refractivity contribution in [1.29, 1.82) is 0 Å². The lowest BCUT2D eigenvalue weighted by Crippen LogP contribution is -2.45. The van der Waals surface area contributed by atoms with E-state index in [1.165, 1.54) is 11.3 Å². The number of carbonyl (C=O) groups excluding carboxylic acids is 2. The van der Waals surface area contributed by atoms with Crippen LogP contribution in [0, 0.1) is 17.3 Å². The van der Waals surface area contributed by atoms with Gasteiger partial charge in [0.2, 0.25) is 0 Å². The number of cyclic esters (lactones) is 1. The van der Waals surface area contributed by atoms with Crippen LogP contribution in [0.3, 0.4) is 0 Å². The number of esters is 1. The van der Waals surface area contributed by atoms with Crippen LogP contribution in [0.4, 0.5) is 0 Å². The highest BCUT2D eigenvalue weighted by Crippen LogP contribution is 2.36. The molecule has 0 unspecified atom stereocenters. The van der Waals surface area contributed by atoms with Crippen LogP contribution in [0.1, 0.15) is 77.4 Å². The Balaban J connectivity index is 1.81. The minimum Gasteiger partial charge on any atom is -0.458 e. The van der Waals surface area contributed by atoms with E-state index >= 15 is 0 Å². The van der Waals surface area contributed by atoms with E-state index < -0.39 is 35.6 Å². The molecule has 7 nitrogen and oxygen atoms in total. The number of halogens is 1. The van der Waals surface area contributed by atoms with Gasteiger partial charge in [0.15, 0.2) is 0 Å². The molecule has 3 rings (SSSR count). The van der Waals surface area contributed by atoms with Gasteiger partial charge in [-0.2, -0.15) is 0 Å². The summed E-state index contributed by atoms with van der Waals surface area (Å²) in [5.74, 6) is -1.22. The van der Waals surface area contributed by atoms with Gasteiger partial charge in [-0.05, 0) is 37.3 Å². The maximum atomic E-state index is 13.2. The van der Waals surface area contributed by atoms with Gasteiger partial charge in [0.25, 0.3) is 0 Å². The Bertz CT molecular complexity index is 931. The Labute approximate surface area is 216 Å². The van der Waals surface area contributed by atoms with E-state index in [0.717, 1.165) is 35.5 Å². The number of hydrogen-bond acceptors (Lipinski definition) is 8. The lowest BCUT2D eigenvalue weighted by molar-refractivity contribution is -0.154. The maximum absolute atomic E-state index is 13.2. The Morgan fingerprint density at radius 1 is 1.26 bits per heavy atom. The van der Waals surface area contributed by atoms with E-state index in [-0.39, 0.29) is 30.3 Å². The summed E-state index contributed by atoms with van der Waals surface area (Å²) in [6.07, 6.45) is 2.07. The molecule has 2 fully saturated rings. The van der Waals surface area contributed by atoms with E-state index in [2.05, 4.69) is 4.98 Å². The Morgan fingerprint density at radius 3 is 2.63 bits per heavy atom. The first-order valence-corrected chi connectivity index (χ1v) is 13.8. The fraction of sp³-hybridized carbons (Fsp3) is 0.731. The lowest BCUT2D eigenvalue weighted by atomic mass is 9.73. The molecule has 1 aromatic heterocycles. The van der Waals surface area contributed by atoms with Gasteiger partial charge < -0.3 is 19.7 Å². The molecule has 0 aliphatic carbocycles. The number of Topliss-reactive ketones (excluding diaryl/α,β-unsaturated/α-hetero) is 1. The first kappa shape index (κ1) is 28.3. The number of aromatic nitrogens is 1. The Hall–Kier alpha value is -1.32. The van der Waals surface area contributed by atoms with E-state index in [4.69, 9.17) is 21.1 Å². The molecular formula is C26H38ClNO6S. The number of hydrogen-bond donors (Lipinski definition) is 2. The molecule has 9 heteroatoms. The van der Waals surface area contributed by atoms with Crippen LogP contribution in [0.15, 0.2) is 11.0 Å². The quantitative estimate of drug-likeness (QED) is 0.338. The summed E-state index contributed by atoms with van der Waals surface area (Å²) in [4.78, 5) is 30.5. The van der Waals surface area contributed by atoms with Crippen LogP contribution in [-0.4, -0.2) is 57.5 Å². The summed E-state index contributed by atoms with van der Waals surface area (Å²) in [5, 5.41) is 24.3. The van der Waals surface area contributed by atoms with Crippen LogP contribution in [0.25, 0.3) is 6.08 Å². The molecule has 0 saturated carbocycles. The maximum Gasteiger partial charge on any atom is 0.309 e. The minimum atomic E-state index is -1.24. The number of aliphatic hydroxyl groups is 2. The van der Waals surface area contributed by atoms with Gasteiger partial charge in [-0.3, -0.25) is 9.59 Å². The molecule has 0 aromatic carbocycles. The summed E-state index contributed by atoms with van der Waals surface area (Å²) < 4.78 is 11.7. The predicted molar refractivity (Wildman–Crippen MR) is 136 cm³/mol. The number of epoxide rings is 1. The normalized spacial score (nSPS) is 35.3. The molecule has 3 heterocycles. The molecule has 1 aromatic rings. The molecule has 0 bridgehead atoms. The summed E-state index contributed by atoms with van der Waals surface area (Å²) in [7, 11) is 0. The second kappa shape index (κ2) is 11.8. The summed E-state index contributed by atoms with van der Waals surface area (Å²) >= 11 is 7.34. The van der Waals surface area contributed by atoms with Gasteiger partial charge in [-0.15, -0.1) is 22.9 Å². The zero-order valence-electron chi connectivity index (χ0n) is 21.2. The van der Waals surface area contributed by atoms with Crippen molar-refractivity contribution in [3.63, 3.8) is 0 Å². The second-order valence-electron chi connectivity index (χ2n) is 10.6. The van der Waals surface area contributed by atoms with Gasteiger partial charge >= 0.3 is 5.97 Å². The fourth-order valence-corrected chi connectivity index (χ4v) is 5.64. The zero-order chi connectivity index (χ0) is 25.9. The number of ketones is 1. The topological polar surface area (TPSA) is 109 Å². The molecule has 0 radical (unpaired) electrons. The van der Waals surface area contributed by atoms with Crippen molar-refractivity contribution >= 4 is 40.8 Å². The second-order valence-corrected chi connectivity index (χ2v) is 11.8. The average molecular weight is 528 g/mol. The van der Waals surface area contributed by atoms with E-state index in [1.54, 1.807) is 20.8 Å². The number of rotatable bonds is 3. The van der Waals surface area contributed by atoms with Gasteiger partial charge in [-0.1, -0.05) is 34.1 Å². The SMILES string of the molecule is CC(=Cc1csc(CCl)n1)[C@H]1C[C@@H]2O[C@H]2CCC[C@@H](C)[C@@H](O)[C@H](C)C(=O)C(C)(C)[C@H](O)CC(=O)O1. The monoisotopic (exact) mass is 527 g/mol. The first-order valence-electron chi connectivity index (χ1n) is 12.4. The fourth-order valence-electron chi connectivity index (χ4n) is 4.79. The van der Waals surface area contributed by atoms with Crippen molar-refractivity contribution in [3.8, 4) is 0 Å². The third-order valence-corrected chi connectivity index (χ3v) is 8.74. The molecule has 196 valence electrons.